The lowest BCUT2D eigenvalue weighted by Gasteiger charge is -2.29. The summed E-state index contributed by atoms with van der Waals surface area (Å²) in [5.74, 6) is -0.541. The van der Waals surface area contributed by atoms with Gasteiger partial charge in [0.15, 0.2) is 6.10 Å². The lowest BCUT2D eigenvalue weighted by atomic mass is 9.92. The third kappa shape index (κ3) is 4.03. The van der Waals surface area contributed by atoms with Crippen LogP contribution in [0.1, 0.15) is 43.7 Å². The van der Waals surface area contributed by atoms with E-state index in [1.54, 1.807) is 7.05 Å². The molecule has 5 heteroatoms. The number of aryl methyl sites for hydroxylation is 2. The third-order valence-corrected chi connectivity index (χ3v) is 5.28. The van der Waals surface area contributed by atoms with Crippen molar-refractivity contribution in [2.24, 2.45) is 7.05 Å². The molecule has 158 valence electrons. The van der Waals surface area contributed by atoms with Crippen LogP contribution in [0.5, 0.6) is 0 Å². The predicted molar refractivity (Wildman–Crippen MR) is 120 cm³/mol. The van der Waals surface area contributed by atoms with E-state index in [4.69, 9.17) is 9.47 Å². The lowest BCUT2D eigenvalue weighted by Crippen LogP contribution is -2.33. The molecule has 1 aromatic heterocycles. The number of ether oxygens (including phenoxy) is 2. The van der Waals surface area contributed by atoms with Crippen LogP contribution in [0.4, 0.5) is 0 Å². The van der Waals surface area contributed by atoms with Crippen LogP contribution in [0.3, 0.4) is 0 Å². The van der Waals surface area contributed by atoms with Gasteiger partial charge >= 0.3 is 5.97 Å². The molecule has 0 saturated carbocycles. The molecule has 1 atom stereocenters. The average molecular weight is 408 g/mol. The normalized spacial score (nSPS) is 12.8. The van der Waals surface area contributed by atoms with Crippen LogP contribution in [-0.4, -0.2) is 23.2 Å². The number of esters is 1. The highest BCUT2D eigenvalue weighted by atomic mass is 16.6. The molecule has 2 aromatic carbocycles. The number of methoxy groups -OCH3 is 1. The van der Waals surface area contributed by atoms with E-state index >= 15 is 0 Å². The van der Waals surface area contributed by atoms with Gasteiger partial charge in [0.1, 0.15) is 0 Å². The fourth-order valence-electron chi connectivity index (χ4n) is 3.67. The summed E-state index contributed by atoms with van der Waals surface area (Å²) in [6.07, 6.45) is -1.05. The molecule has 0 saturated heterocycles. The molecular weight excluding hydrogens is 378 g/mol. The van der Waals surface area contributed by atoms with Crippen LogP contribution >= 0.6 is 0 Å². The van der Waals surface area contributed by atoms with Gasteiger partial charge in [-0.25, -0.2) is 4.79 Å². The minimum absolute atomic E-state index is 0.181. The van der Waals surface area contributed by atoms with Crippen molar-refractivity contribution >= 4 is 16.7 Å². The minimum atomic E-state index is -1.05. The van der Waals surface area contributed by atoms with Gasteiger partial charge in [-0.15, -0.1) is 0 Å². The maximum atomic E-state index is 13.2. The number of hydrogen-bond donors (Lipinski definition) is 0. The number of fused-ring (bicyclic) bond motifs is 1. The fourth-order valence-corrected chi connectivity index (χ4v) is 3.67. The van der Waals surface area contributed by atoms with Gasteiger partial charge < -0.3 is 14.0 Å². The Hall–Kier alpha value is -2.92. The zero-order chi connectivity index (χ0) is 22.2. The molecule has 0 radical (unpaired) electrons. The number of rotatable bonds is 4. The van der Waals surface area contributed by atoms with Crippen molar-refractivity contribution in [3.63, 3.8) is 0 Å². The van der Waals surface area contributed by atoms with E-state index in [9.17, 15) is 9.59 Å². The average Bonchev–Trinajstić information content (AvgIpc) is 2.70. The molecule has 3 aromatic rings. The van der Waals surface area contributed by atoms with Gasteiger partial charge in [-0.2, -0.15) is 0 Å². The summed E-state index contributed by atoms with van der Waals surface area (Å²) in [5.41, 5.74) is 3.71. The summed E-state index contributed by atoms with van der Waals surface area (Å²) in [7, 11) is 3.01. The fraction of sp³-hybridized carbons (Fsp3) is 0.360. The van der Waals surface area contributed by atoms with Gasteiger partial charge in [-0.05, 0) is 62.8 Å². The quantitative estimate of drug-likeness (QED) is 0.580. The van der Waals surface area contributed by atoms with Crippen molar-refractivity contribution in [1.82, 2.24) is 4.57 Å². The summed E-state index contributed by atoms with van der Waals surface area (Å²) in [6.45, 7) is 9.72. The van der Waals surface area contributed by atoms with Gasteiger partial charge in [0, 0.05) is 18.0 Å². The summed E-state index contributed by atoms with van der Waals surface area (Å²) in [5, 5.41) is 1.38. The topological polar surface area (TPSA) is 57.5 Å². The Morgan fingerprint density at radius 2 is 1.63 bits per heavy atom. The number of pyridine rings is 1. The van der Waals surface area contributed by atoms with Gasteiger partial charge in [0.05, 0.1) is 18.4 Å². The van der Waals surface area contributed by atoms with Crippen LogP contribution in [0, 0.1) is 13.8 Å². The standard InChI is InChI=1S/C25H29NO4/c1-15-12-13-17(14-16(15)2)20-18-10-8-9-11-19(18)23(27)26(6)21(20)22(24(28)29-7)30-25(3,4)5/h8-14,22H,1-7H3. The van der Waals surface area contributed by atoms with E-state index in [0.29, 0.717) is 11.1 Å². The molecule has 0 aliphatic carbocycles. The molecule has 0 fully saturated rings. The van der Waals surface area contributed by atoms with Crippen LogP contribution in [0.2, 0.25) is 0 Å². The van der Waals surface area contributed by atoms with Gasteiger partial charge in [-0.1, -0.05) is 36.4 Å². The van der Waals surface area contributed by atoms with Gasteiger partial charge in [-0.3, -0.25) is 4.79 Å². The number of carbonyl (C=O) groups is 1. The first-order valence-corrected chi connectivity index (χ1v) is 10.00. The summed E-state index contributed by atoms with van der Waals surface area (Å²) < 4.78 is 12.7. The Morgan fingerprint density at radius 1 is 1.00 bits per heavy atom. The van der Waals surface area contributed by atoms with Crippen molar-refractivity contribution in [2.75, 3.05) is 7.11 Å². The second kappa shape index (κ2) is 8.07. The summed E-state index contributed by atoms with van der Waals surface area (Å²) >= 11 is 0. The monoisotopic (exact) mass is 407 g/mol. The van der Waals surface area contributed by atoms with Crippen LogP contribution in [0.25, 0.3) is 21.9 Å². The molecule has 3 rings (SSSR count). The Bertz CT molecular complexity index is 1170. The van der Waals surface area contributed by atoms with Crippen molar-refractivity contribution in [2.45, 2.75) is 46.3 Å². The van der Waals surface area contributed by atoms with Crippen LogP contribution in [-0.2, 0) is 21.3 Å². The largest absolute Gasteiger partial charge is 0.467 e. The molecule has 5 nitrogen and oxygen atoms in total. The van der Waals surface area contributed by atoms with Crippen molar-refractivity contribution in [1.29, 1.82) is 0 Å². The number of carbonyl (C=O) groups excluding carboxylic acids is 1. The predicted octanol–water partition coefficient (Wildman–Crippen LogP) is 4.85. The Kier molecular flexibility index (Phi) is 5.86. The molecule has 0 aliphatic heterocycles. The molecule has 1 unspecified atom stereocenters. The van der Waals surface area contributed by atoms with Gasteiger partial charge in [0.25, 0.3) is 5.56 Å². The van der Waals surface area contributed by atoms with Crippen molar-refractivity contribution in [3.8, 4) is 11.1 Å². The number of hydrogen-bond acceptors (Lipinski definition) is 4. The van der Waals surface area contributed by atoms with Crippen LogP contribution < -0.4 is 5.56 Å². The first kappa shape index (κ1) is 21.8. The van der Waals surface area contributed by atoms with Crippen LogP contribution in [0.15, 0.2) is 47.3 Å². The minimum Gasteiger partial charge on any atom is -0.467 e. The maximum Gasteiger partial charge on any atom is 0.341 e. The SMILES string of the molecule is COC(=O)C(OC(C)(C)C)c1c(-c2ccc(C)c(C)c2)c2ccccc2c(=O)n1C. The lowest BCUT2D eigenvalue weighted by molar-refractivity contribution is -0.165. The van der Waals surface area contributed by atoms with E-state index in [0.717, 1.165) is 22.1 Å². The molecule has 1 heterocycles. The van der Waals surface area contributed by atoms with E-state index in [-0.39, 0.29) is 5.56 Å². The first-order valence-electron chi connectivity index (χ1n) is 10.00. The highest BCUT2D eigenvalue weighted by Crippen LogP contribution is 2.37. The zero-order valence-corrected chi connectivity index (χ0v) is 18.7. The zero-order valence-electron chi connectivity index (χ0n) is 18.7. The number of benzene rings is 2. The van der Waals surface area contributed by atoms with Crippen molar-refractivity contribution < 1.29 is 14.3 Å². The molecular formula is C25H29NO4. The van der Waals surface area contributed by atoms with Crippen molar-refractivity contribution in [3.05, 3.63) is 69.6 Å². The van der Waals surface area contributed by atoms with Gasteiger partial charge in [0.2, 0.25) is 0 Å². The van der Waals surface area contributed by atoms with E-state index < -0.39 is 17.7 Å². The molecule has 0 aliphatic rings. The van der Waals surface area contributed by atoms with E-state index in [1.807, 2.05) is 64.1 Å². The second-order valence-corrected chi connectivity index (χ2v) is 8.60. The van der Waals surface area contributed by atoms with E-state index in [1.165, 1.54) is 17.2 Å². The smallest absolute Gasteiger partial charge is 0.341 e. The first-order chi connectivity index (χ1) is 14.0. The Balaban J connectivity index is 2.48. The molecule has 0 amide bonds. The summed E-state index contributed by atoms with van der Waals surface area (Å²) in [4.78, 5) is 26.0. The molecule has 0 bridgehead atoms. The number of nitrogens with zero attached hydrogens (tertiary/aromatic N) is 1. The number of aromatic nitrogens is 1. The third-order valence-electron chi connectivity index (χ3n) is 5.28. The summed E-state index contributed by atoms with van der Waals surface area (Å²) in [6, 6.07) is 13.6. The Labute approximate surface area is 177 Å². The molecule has 30 heavy (non-hydrogen) atoms. The maximum absolute atomic E-state index is 13.2. The second-order valence-electron chi connectivity index (χ2n) is 8.60. The Morgan fingerprint density at radius 3 is 2.20 bits per heavy atom. The highest BCUT2D eigenvalue weighted by molar-refractivity contribution is 5.99. The molecule has 0 N–H and O–H groups in total. The molecule has 0 spiro atoms. The van der Waals surface area contributed by atoms with E-state index in [2.05, 4.69) is 13.0 Å². The highest BCUT2D eigenvalue weighted by Gasteiger charge is 2.33.